The van der Waals surface area contributed by atoms with Crippen LogP contribution in [0.2, 0.25) is 0 Å². The molecule has 160 valence electrons. The van der Waals surface area contributed by atoms with Crippen molar-refractivity contribution < 1.29 is 13.9 Å². The van der Waals surface area contributed by atoms with Crippen molar-refractivity contribution in [3.05, 3.63) is 52.4 Å². The molecular weight excluding hydrogens is 432 g/mol. The Bertz CT molecular complexity index is 1050. The number of thiocarbonyl (C=S) groups is 1. The molecule has 0 aliphatic carbocycles. The molecule has 4 rings (SSSR count). The van der Waals surface area contributed by atoms with Gasteiger partial charge in [-0.2, -0.15) is 10.2 Å². The van der Waals surface area contributed by atoms with E-state index in [0.29, 0.717) is 34.7 Å². The van der Waals surface area contributed by atoms with Crippen LogP contribution >= 0.6 is 24.0 Å². The third-order valence-corrected chi connectivity index (χ3v) is 6.41. The maximum Gasteiger partial charge on any atom is 0.266 e. The van der Waals surface area contributed by atoms with Gasteiger partial charge in [0, 0.05) is 25.7 Å². The number of ether oxygens (including phenoxy) is 1. The maximum atomic E-state index is 12.9. The molecule has 2 atom stereocenters. The van der Waals surface area contributed by atoms with Gasteiger partial charge in [-0.25, -0.2) is 0 Å². The molecule has 2 fully saturated rings. The summed E-state index contributed by atoms with van der Waals surface area (Å²) >= 11 is 6.63. The summed E-state index contributed by atoms with van der Waals surface area (Å²) in [4.78, 5) is 21.2. The normalized spacial score (nSPS) is 22.9. The van der Waals surface area contributed by atoms with Crippen LogP contribution in [0.5, 0.6) is 0 Å². The highest BCUT2D eigenvalue weighted by Gasteiger charge is 2.33. The van der Waals surface area contributed by atoms with Gasteiger partial charge in [0.15, 0.2) is 0 Å². The summed E-state index contributed by atoms with van der Waals surface area (Å²) in [5.41, 5.74) is 1.35. The lowest BCUT2D eigenvalue weighted by molar-refractivity contribution is -0.122. The molecule has 0 bridgehead atoms. The average Bonchev–Trinajstić information content (AvgIpc) is 3.27. The van der Waals surface area contributed by atoms with Gasteiger partial charge in [-0.1, -0.05) is 54.3 Å². The number of hydrogen-bond acceptors (Lipinski definition) is 8. The minimum absolute atomic E-state index is 0.0182. The first-order valence-electron chi connectivity index (χ1n) is 10.0. The summed E-state index contributed by atoms with van der Waals surface area (Å²) in [5.74, 6) is 0.468. The van der Waals surface area contributed by atoms with Crippen LogP contribution in [0.3, 0.4) is 0 Å². The number of amides is 1. The van der Waals surface area contributed by atoms with Crippen molar-refractivity contribution in [3.8, 4) is 6.07 Å². The summed E-state index contributed by atoms with van der Waals surface area (Å²) in [6.07, 6.45) is 2.32. The number of nitrogens with zero attached hydrogens (tertiary/aromatic N) is 4. The fraction of sp³-hybridized carbons (Fsp3) is 0.364. The molecule has 3 heterocycles. The van der Waals surface area contributed by atoms with Crippen molar-refractivity contribution in [1.82, 2.24) is 9.88 Å². The predicted molar refractivity (Wildman–Crippen MR) is 123 cm³/mol. The van der Waals surface area contributed by atoms with E-state index in [1.54, 1.807) is 11.0 Å². The number of benzene rings is 1. The fourth-order valence-electron chi connectivity index (χ4n) is 3.71. The van der Waals surface area contributed by atoms with Crippen molar-refractivity contribution in [2.24, 2.45) is 0 Å². The molecular formula is C22H22N4O3S2. The molecule has 1 amide bonds. The zero-order valence-electron chi connectivity index (χ0n) is 17.3. The molecule has 0 saturated carbocycles. The Kier molecular flexibility index (Phi) is 6.41. The van der Waals surface area contributed by atoms with Gasteiger partial charge in [0.25, 0.3) is 5.91 Å². The summed E-state index contributed by atoms with van der Waals surface area (Å²) in [5, 5.41) is 9.52. The Morgan fingerprint density at radius 3 is 2.68 bits per heavy atom. The van der Waals surface area contributed by atoms with Crippen LogP contribution in [-0.4, -0.2) is 52.0 Å². The number of rotatable bonds is 5. The first-order chi connectivity index (χ1) is 14.9. The van der Waals surface area contributed by atoms with E-state index in [4.69, 9.17) is 21.4 Å². The number of thioether (sulfide) groups is 1. The van der Waals surface area contributed by atoms with E-state index in [1.807, 2.05) is 49.1 Å². The molecule has 1 aromatic heterocycles. The largest absolute Gasteiger partial charge is 0.420 e. The van der Waals surface area contributed by atoms with Gasteiger partial charge in [0.1, 0.15) is 10.4 Å². The topological polar surface area (TPSA) is 82.6 Å². The van der Waals surface area contributed by atoms with E-state index in [1.165, 1.54) is 11.8 Å². The second-order valence-corrected chi connectivity index (χ2v) is 9.22. The molecule has 1 aromatic carbocycles. The number of hydrogen-bond donors (Lipinski definition) is 0. The van der Waals surface area contributed by atoms with Gasteiger partial charge in [-0.05, 0) is 25.8 Å². The van der Waals surface area contributed by atoms with Gasteiger partial charge < -0.3 is 14.1 Å². The molecule has 0 spiro atoms. The summed E-state index contributed by atoms with van der Waals surface area (Å²) < 4.78 is 12.1. The molecule has 0 N–H and O–H groups in total. The number of anilines is 1. The molecule has 2 aromatic rings. The van der Waals surface area contributed by atoms with Crippen molar-refractivity contribution in [2.75, 3.05) is 24.5 Å². The third kappa shape index (κ3) is 4.82. The highest BCUT2D eigenvalue weighted by atomic mass is 32.2. The van der Waals surface area contributed by atoms with E-state index in [0.717, 1.165) is 12.0 Å². The Morgan fingerprint density at radius 1 is 1.29 bits per heavy atom. The second kappa shape index (κ2) is 9.22. The number of nitriles is 1. The monoisotopic (exact) mass is 454 g/mol. The van der Waals surface area contributed by atoms with Gasteiger partial charge in [0.2, 0.25) is 17.5 Å². The van der Waals surface area contributed by atoms with Crippen molar-refractivity contribution in [2.45, 2.75) is 32.5 Å². The van der Waals surface area contributed by atoms with Crippen LogP contribution in [0.4, 0.5) is 5.88 Å². The van der Waals surface area contributed by atoms with Gasteiger partial charge in [0.05, 0.1) is 17.1 Å². The van der Waals surface area contributed by atoms with Crippen molar-refractivity contribution in [3.63, 3.8) is 0 Å². The van der Waals surface area contributed by atoms with Crippen molar-refractivity contribution in [1.29, 1.82) is 5.26 Å². The van der Waals surface area contributed by atoms with E-state index in [9.17, 15) is 10.1 Å². The quantitative estimate of drug-likeness (QED) is 0.501. The molecule has 2 saturated heterocycles. The zero-order chi connectivity index (χ0) is 22.0. The second-order valence-electron chi connectivity index (χ2n) is 7.55. The van der Waals surface area contributed by atoms with Crippen molar-refractivity contribution >= 4 is 46.2 Å². The van der Waals surface area contributed by atoms with Crippen LogP contribution in [0.25, 0.3) is 6.08 Å². The Morgan fingerprint density at radius 2 is 2.00 bits per heavy atom. The van der Waals surface area contributed by atoms with Gasteiger partial charge in [-0.15, -0.1) is 0 Å². The SMILES string of the molecule is C[C@H]1CN(c2oc(/C=C3/SC(=S)N(CCc4ccccc4)C3=O)nc2C#N)C[C@H](C)O1. The van der Waals surface area contributed by atoms with Crippen LogP contribution in [-0.2, 0) is 16.0 Å². The molecule has 2 aliphatic heterocycles. The highest BCUT2D eigenvalue weighted by molar-refractivity contribution is 8.26. The standard InChI is InChI=1S/C22H22N4O3S2/c1-14-12-25(13-15(2)28-14)21-17(11-23)24-19(29-21)10-18-20(27)26(22(30)31-18)9-8-16-6-4-3-5-7-16/h3-7,10,14-15H,8-9,12-13H2,1-2H3/b18-10+/t14-,15-/m0/s1. The summed E-state index contributed by atoms with van der Waals surface area (Å²) in [7, 11) is 0. The number of aromatic nitrogens is 1. The Hall–Kier alpha value is -2.67. The van der Waals surface area contributed by atoms with E-state index in [2.05, 4.69) is 11.1 Å². The Balaban J connectivity index is 1.51. The number of carbonyl (C=O) groups is 1. The molecule has 7 nitrogen and oxygen atoms in total. The first-order valence-corrected chi connectivity index (χ1v) is 11.3. The molecule has 2 aliphatic rings. The molecule has 0 unspecified atom stereocenters. The van der Waals surface area contributed by atoms with E-state index in [-0.39, 0.29) is 29.7 Å². The number of carbonyl (C=O) groups excluding carboxylic acids is 1. The summed E-state index contributed by atoms with van der Waals surface area (Å²) in [6.45, 7) is 5.68. The minimum Gasteiger partial charge on any atom is -0.420 e. The molecule has 0 radical (unpaired) electrons. The fourth-order valence-corrected chi connectivity index (χ4v) is 4.98. The van der Waals surface area contributed by atoms with Gasteiger partial charge >= 0.3 is 0 Å². The maximum absolute atomic E-state index is 12.9. The number of morpholine rings is 1. The molecule has 31 heavy (non-hydrogen) atoms. The van der Waals surface area contributed by atoms with E-state index >= 15 is 0 Å². The van der Waals surface area contributed by atoms with Gasteiger partial charge in [-0.3, -0.25) is 9.69 Å². The van der Waals surface area contributed by atoms with Crippen LogP contribution in [0.1, 0.15) is 31.0 Å². The highest BCUT2D eigenvalue weighted by Crippen LogP contribution is 2.34. The number of oxazole rings is 1. The minimum atomic E-state index is -0.169. The smallest absolute Gasteiger partial charge is 0.266 e. The Labute approximate surface area is 190 Å². The zero-order valence-corrected chi connectivity index (χ0v) is 18.9. The lowest BCUT2D eigenvalue weighted by Crippen LogP contribution is -2.45. The molecule has 9 heteroatoms. The summed E-state index contributed by atoms with van der Waals surface area (Å²) in [6, 6.07) is 12.1. The predicted octanol–water partition coefficient (Wildman–Crippen LogP) is 3.60. The average molecular weight is 455 g/mol. The van der Waals surface area contributed by atoms with Crippen LogP contribution in [0, 0.1) is 11.3 Å². The van der Waals surface area contributed by atoms with E-state index < -0.39 is 0 Å². The van der Waals surface area contributed by atoms with Crippen LogP contribution in [0.15, 0.2) is 39.7 Å². The van der Waals surface area contributed by atoms with Crippen LogP contribution < -0.4 is 4.90 Å². The lowest BCUT2D eigenvalue weighted by atomic mass is 10.1. The first kappa shape index (κ1) is 21.6. The lowest BCUT2D eigenvalue weighted by Gasteiger charge is -2.34. The third-order valence-electron chi connectivity index (χ3n) is 5.03.